The molecule has 0 aliphatic rings. The van der Waals surface area contributed by atoms with E-state index in [0.717, 1.165) is 11.9 Å². The molecule has 0 radical (unpaired) electrons. The number of hydrogen-bond acceptors (Lipinski definition) is 2. The molecule has 0 saturated carbocycles. The van der Waals surface area contributed by atoms with Crippen molar-refractivity contribution in [1.82, 2.24) is 9.55 Å². The molecule has 2 aromatic rings. The summed E-state index contributed by atoms with van der Waals surface area (Å²) in [4.78, 5) is 4.09. The van der Waals surface area contributed by atoms with Gasteiger partial charge >= 0.3 is 0 Å². The normalized spacial score (nSPS) is 10.7. The van der Waals surface area contributed by atoms with Gasteiger partial charge in [0.05, 0.1) is 10.2 Å². The predicted octanol–water partition coefficient (Wildman–Crippen LogP) is 3.34. The van der Waals surface area contributed by atoms with Crippen LogP contribution in [0.2, 0.25) is 0 Å². The van der Waals surface area contributed by atoms with Gasteiger partial charge < -0.3 is 9.88 Å². The second kappa shape index (κ2) is 5.48. The lowest BCUT2D eigenvalue weighted by molar-refractivity contribution is 0.580. The molecule has 0 aliphatic heterocycles. The minimum Gasteiger partial charge on any atom is -0.381 e. The van der Waals surface area contributed by atoms with Gasteiger partial charge in [-0.1, -0.05) is 0 Å². The molecule has 0 fully saturated rings. The zero-order chi connectivity index (χ0) is 13.1. The van der Waals surface area contributed by atoms with Crippen molar-refractivity contribution in [2.24, 2.45) is 0 Å². The number of hydrogen-bond donors (Lipinski definition) is 1. The highest BCUT2D eigenvalue weighted by molar-refractivity contribution is 9.10. The molecule has 1 N–H and O–H groups in total. The molecule has 0 spiro atoms. The van der Waals surface area contributed by atoms with Crippen molar-refractivity contribution in [2.45, 2.75) is 13.5 Å². The molecule has 1 aromatic carbocycles. The highest BCUT2D eigenvalue weighted by Crippen LogP contribution is 2.23. The molecule has 0 atom stereocenters. The van der Waals surface area contributed by atoms with E-state index in [1.165, 1.54) is 6.07 Å². The summed E-state index contributed by atoms with van der Waals surface area (Å²) in [5.41, 5.74) is 0.279. The van der Waals surface area contributed by atoms with Crippen LogP contribution >= 0.6 is 15.9 Å². The number of imidazole rings is 1. The van der Waals surface area contributed by atoms with Gasteiger partial charge in [-0.15, -0.1) is 0 Å². The lowest BCUT2D eigenvalue weighted by atomic mass is 10.3. The third kappa shape index (κ3) is 2.87. The van der Waals surface area contributed by atoms with Crippen LogP contribution in [0.1, 0.15) is 5.82 Å². The first-order chi connectivity index (χ1) is 8.58. The fourth-order valence-corrected chi connectivity index (χ4v) is 1.95. The van der Waals surface area contributed by atoms with Gasteiger partial charge in [-0.05, 0) is 28.9 Å². The molecule has 6 heteroatoms. The van der Waals surface area contributed by atoms with Gasteiger partial charge in [-0.2, -0.15) is 0 Å². The minimum atomic E-state index is -0.608. The summed E-state index contributed by atoms with van der Waals surface area (Å²) in [6.45, 7) is 3.10. The average Bonchev–Trinajstić information content (AvgIpc) is 2.72. The van der Waals surface area contributed by atoms with E-state index in [9.17, 15) is 8.78 Å². The molecule has 0 bridgehead atoms. The maximum atomic E-state index is 13.4. The highest BCUT2D eigenvalue weighted by atomic mass is 79.9. The van der Waals surface area contributed by atoms with Crippen molar-refractivity contribution in [3.63, 3.8) is 0 Å². The Kier molecular flexibility index (Phi) is 3.96. The number of benzene rings is 1. The van der Waals surface area contributed by atoms with Crippen molar-refractivity contribution in [1.29, 1.82) is 0 Å². The first kappa shape index (κ1) is 13.0. The summed E-state index contributed by atoms with van der Waals surface area (Å²) >= 11 is 3.03. The van der Waals surface area contributed by atoms with Crippen molar-refractivity contribution >= 4 is 21.6 Å². The van der Waals surface area contributed by atoms with Crippen molar-refractivity contribution < 1.29 is 8.78 Å². The van der Waals surface area contributed by atoms with E-state index in [0.29, 0.717) is 13.1 Å². The van der Waals surface area contributed by atoms with Crippen LogP contribution in [-0.4, -0.2) is 16.1 Å². The van der Waals surface area contributed by atoms with Gasteiger partial charge in [0.2, 0.25) is 0 Å². The molecule has 1 heterocycles. The van der Waals surface area contributed by atoms with E-state index in [-0.39, 0.29) is 10.2 Å². The summed E-state index contributed by atoms with van der Waals surface area (Å²) < 4.78 is 28.7. The summed E-state index contributed by atoms with van der Waals surface area (Å²) in [7, 11) is 0. The van der Waals surface area contributed by atoms with Crippen LogP contribution in [0.5, 0.6) is 0 Å². The fraction of sp³-hybridized carbons (Fsp3) is 0.250. The second-order valence-electron chi connectivity index (χ2n) is 3.84. The number of aryl methyl sites for hydroxylation is 1. The summed E-state index contributed by atoms with van der Waals surface area (Å²) in [5, 5.41) is 2.93. The molecule has 96 valence electrons. The fourth-order valence-electron chi connectivity index (χ4n) is 1.61. The quantitative estimate of drug-likeness (QED) is 0.877. The van der Waals surface area contributed by atoms with Crippen LogP contribution < -0.4 is 5.32 Å². The zero-order valence-electron chi connectivity index (χ0n) is 9.75. The largest absolute Gasteiger partial charge is 0.381 e. The van der Waals surface area contributed by atoms with Crippen LogP contribution in [0.25, 0.3) is 0 Å². The number of anilines is 1. The molecule has 2 rings (SSSR count). The van der Waals surface area contributed by atoms with E-state index in [1.54, 1.807) is 6.20 Å². The summed E-state index contributed by atoms with van der Waals surface area (Å²) in [6.07, 6.45) is 3.57. The Morgan fingerprint density at radius 2 is 2.11 bits per heavy atom. The van der Waals surface area contributed by atoms with E-state index in [2.05, 4.69) is 26.2 Å². The molecule has 0 amide bonds. The Morgan fingerprint density at radius 3 is 2.78 bits per heavy atom. The second-order valence-corrected chi connectivity index (χ2v) is 4.70. The van der Waals surface area contributed by atoms with E-state index >= 15 is 0 Å². The number of aromatic nitrogens is 2. The number of nitrogens with one attached hydrogen (secondary N) is 1. The van der Waals surface area contributed by atoms with Gasteiger partial charge in [0, 0.05) is 31.5 Å². The molecule has 18 heavy (non-hydrogen) atoms. The third-order valence-corrected chi connectivity index (χ3v) is 3.21. The Morgan fingerprint density at radius 1 is 1.33 bits per heavy atom. The molecule has 1 aromatic heterocycles. The standard InChI is InChI=1S/C12H12BrF2N3/c1-8-16-2-4-18(8)5-3-17-12-6-9(13)10(14)7-11(12)15/h2,4,6-7,17H,3,5H2,1H3. The minimum absolute atomic E-state index is 0.241. The molecule has 0 saturated heterocycles. The lowest BCUT2D eigenvalue weighted by Gasteiger charge is -2.10. The van der Waals surface area contributed by atoms with Crippen LogP contribution in [0.15, 0.2) is 29.0 Å². The monoisotopic (exact) mass is 315 g/mol. The van der Waals surface area contributed by atoms with E-state index < -0.39 is 11.6 Å². The molecule has 0 aliphatic carbocycles. The summed E-state index contributed by atoms with van der Waals surface area (Å²) in [6, 6.07) is 2.25. The van der Waals surface area contributed by atoms with E-state index in [4.69, 9.17) is 0 Å². The van der Waals surface area contributed by atoms with Crippen LogP contribution in [-0.2, 0) is 6.54 Å². The highest BCUT2D eigenvalue weighted by Gasteiger charge is 2.07. The molecular weight excluding hydrogens is 304 g/mol. The van der Waals surface area contributed by atoms with Gasteiger partial charge in [-0.25, -0.2) is 13.8 Å². The Balaban J connectivity index is 1.99. The number of nitrogens with zero attached hydrogens (tertiary/aromatic N) is 2. The SMILES string of the molecule is Cc1nccn1CCNc1cc(Br)c(F)cc1F. The van der Waals surface area contributed by atoms with Gasteiger partial charge in [0.1, 0.15) is 17.5 Å². The third-order valence-electron chi connectivity index (χ3n) is 2.60. The average molecular weight is 316 g/mol. The maximum Gasteiger partial charge on any atom is 0.149 e. The van der Waals surface area contributed by atoms with Crippen molar-refractivity contribution in [3.05, 3.63) is 46.5 Å². The van der Waals surface area contributed by atoms with Crippen molar-refractivity contribution in [2.75, 3.05) is 11.9 Å². The van der Waals surface area contributed by atoms with Crippen LogP contribution in [0, 0.1) is 18.6 Å². The Labute approximate surface area is 112 Å². The first-order valence-electron chi connectivity index (χ1n) is 5.44. The van der Waals surface area contributed by atoms with Crippen LogP contribution in [0.3, 0.4) is 0 Å². The van der Waals surface area contributed by atoms with Gasteiger partial charge in [0.25, 0.3) is 0 Å². The smallest absolute Gasteiger partial charge is 0.149 e. The zero-order valence-corrected chi connectivity index (χ0v) is 11.3. The topological polar surface area (TPSA) is 29.9 Å². The Hall–Kier alpha value is -1.43. The number of rotatable bonds is 4. The molecule has 0 unspecified atom stereocenters. The maximum absolute atomic E-state index is 13.4. The molecule has 3 nitrogen and oxygen atoms in total. The van der Waals surface area contributed by atoms with Crippen molar-refractivity contribution in [3.8, 4) is 0 Å². The van der Waals surface area contributed by atoms with Gasteiger partial charge in [-0.3, -0.25) is 0 Å². The Bertz CT molecular complexity index is 554. The summed E-state index contributed by atoms with van der Waals surface area (Å²) in [5.74, 6) is -0.306. The number of halogens is 3. The predicted molar refractivity (Wildman–Crippen MR) is 69.5 cm³/mol. The van der Waals surface area contributed by atoms with Crippen LogP contribution in [0.4, 0.5) is 14.5 Å². The van der Waals surface area contributed by atoms with E-state index in [1.807, 2.05) is 17.7 Å². The van der Waals surface area contributed by atoms with Gasteiger partial charge in [0.15, 0.2) is 0 Å². The lowest BCUT2D eigenvalue weighted by Crippen LogP contribution is -2.12. The first-order valence-corrected chi connectivity index (χ1v) is 6.23. The molecular formula is C12H12BrF2N3.